The van der Waals surface area contributed by atoms with E-state index in [4.69, 9.17) is 5.73 Å². The first-order chi connectivity index (χ1) is 9.25. The van der Waals surface area contributed by atoms with E-state index in [2.05, 4.69) is 12.1 Å². The van der Waals surface area contributed by atoms with Crippen molar-refractivity contribution in [1.82, 2.24) is 0 Å². The fourth-order valence-electron chi connectivity index (χ4n) is 1.91. The molecule has 0 aliphatic rings. The van der Waals surface area contributed by atoms with E-state index in [1.165, 1.54) is 4.46 Å². The van der Waals surface area contributed by atoms with Crippen LogP contribution < -0.4 is 10.2 Å². The zero-order chi connectivity index (χ0) is 13.5. The van der Waals surface area contributed by atoms with Crippen LogP contribution in [0.2, 0.25) is 5.32 Å². The van der Waals surface area contributed by atoms with Crippen molar-refractivity contribution in [3.05, 3.63) is 66.2 Å². The summed E-state index contributed by atoms with van der Waals surface area (Å²) in [5, 5.41) is 10.9. The van der Waals surface area contributed by atoms with Crippen molar-refractivity contribution >= 4 is 19.4 Å². The Morgan fingerprint density at radius 3 is 2.16 bits per heavy atom. The summed E-state index contributed by atoms with van der Waals surface area (Å²) in [6, 6.07) is 20.2. The van der Waals surface area contributed by atoms with E-state index in [-0.39, 0.29) is 12.1 Å². The molecule has 0 radical (unpaired) electrons. The maximum atomic E-state index is 10.1. The van der Waals surface area contributed by atoms with Crippen LogP contribution in [0.4, 0.5) is 0 Å². The molecule has 0 spiro atoms. The van der Waals surface area contributed by atoms with Crippen molar-refractivity contribution in [2.24, 2.45) is 5.73 Å². The maximum absolute atomic E-state index is 10.1. The molecular formula is C16H19NOSe. The van der Waals surface area contributed by atoms with Crippen molar-refractivity contribution in [3.63, 3.8) is 0 Å². The quantitative estimate of drug-likeness (QED) is 0.799. The van der Waals surface area contributed by atoms with Crippen LogP contribution in [-0.4, -0.2) is 26.2 Å². The molecule has 0 bridgehead atoms. The molecule has 3 heteroatoms. The van der Waals surface area contributed by atoms with Crippen molar-refractivity contribution in [3.8, 4) is 0 Å². The van der Waals surface area contributed by atoms with Gasteiger partial charge >= 0.3 is 120 Å². The van der Waals surface area contributed by atoms with Crippen LogP contribution >= 0.6 is 0 Å². The Hall–Kier alpha value is -1.12. The molecule has 100 valence electrons. The number of aliphatic hydroxyl groups excluding tert-OH is 1. The summed E-state index contributed by atoms with van der Waals surface area (Å²) in [6.07, 6.45) is 0.300. The second-order valence-corrected chi connectivity index (χ2v) is 6.82. The summed E-state index contributed by atoms with van der Waals surface area (Å²) in [7, 11) is 0. The molecule has 2 nitrogen and oxygen atoms in total. The number of rotatable bonds is 6. The molecule has 0 saturated carbocycles. The van der Waals surface area contributed by atoms with Crippen molar-refractivity contribution < 1.29 is 5.11 Å². The third-order valence-electron chi connectivity index (χ3n) is 2.94. The minimum absolute atomic E-state index is 0.0808. The van der Waals surface area contributed by atoms with Crippen molar-refractivity contribution in [2.75, 3.05) is 0 Å². The number of hydrogen-bond acceptors (Lipinski definition) is 2. The van der Waals surface area contributed by atoms with Gasteiger partial charge in [0.15, 0.2) is 0 Å². The van der Waals surface area contributed by atoms with Gasteiger partial charge in [-0.2, -0.15) is 0 Å². The number of benzene rings is 2. The second kappa shape index (κ2) is 7.46. The van der Waals surface area contributed by atoms with E-state index in [1.807, 2.05) is 48.5 Å². The molecule has 0 aliphatic carbocycles. The molecule has 0 aromatic heterocycles. The predicted molar refractivity (Wildman–Crippen MR) is 80.6 cm³/mol. The van der Waals surface area contributed by atoms with E-state index in [1.54, 1.807) is 0 Å². The molecule has 2 rings (SSSR count). The van der Waals surface area contributed by atoms with E-state index < -0.39 is 0 Å². The molecular weight excluding hydrogens is 301 g/mol. The van der Waals surface area contributed by atoms with Crippen LogP contribution in [0.3, 0.4) is 0 Å². The van der Waals surface area contributed by atoms with Crippen LogP contribution in [0.15, 0.2) is 60.7 Å². The molecule has 0 amide bonds. The van der Waals surface area contributed by atoms with Gasteiger partial charge in [-0.15, -0.1) is 0 Å². The predicted octanol–water partition coefficient (Wildman–Crippen LogP) is 1.89. The Morgan fingerprint density at radius 2 is 1.53 bits per heavy atom. The van der Waals surface area contributed by atoms with E-state index in [0.717, 1.165) is 10.9 Å². The third-order valence-corrected chi connectivity index (χ3v) is 5.37. The van der Waals surface area contributed by atoms with Crippen LogP contribution in [0.25, 0.3) is 0 Å². The van der Waals surface area contributed by atoms with Gasteiger partial charge in [-0.3, -0.25) is 0 Å². The molecule has 0 unspecified atom stereocenters. The number of aliphatic hydroxyl groups is 1. The van der Waals surface area contributed by atoms with Crippen molar-refractivity contribution in [1.29, 1.82) is 0 Å². The second-order valence-electron chi connectivity index (χ2n) is 4.53. The first-order valence-electron chi connectivity index (χ1n) is 6.42. The van der Waals surface area contributed by atoms with Gasteiger partial charge in [0.05, 0.1) is 0 Å². The van der Waals surface area contributed by atoms with E-state index in [9.17, 15) is 5.11 Å². The molecule has 0 fully saturated rings. The van der Waals surface area contributed by atoms with Gasteiger partial charge in [-0.25, -0.2) is 0 Å². The molecule has 2 atom stereocenters. The van der Waals surface area contributed by atoms with Crippen LogP contribution in [0, 0.1) is 0 Å². The molecule has 0 heterocycles. The SMILES string of the molecule is N[C@@H](C[C@H](O)C[Se]c1ccccc1)c1ccccc1. The third kappa shape index (κ3) is 4.81. The zero-order valence-corrected chi connectivity index (χ0v) is 12.5. The van der Waals surface area contributed by atoms with Gasteiger partial charge in [0.1, 0.15) is 0 Å². The summed E-state index contributed by atoms with van der Waals surface area (Å²) in [4.78, 5) is 0. The summed E-state index contributed by atoms with van der Waals surface area (Å²) in [5.41, 5.74) is 7.20. The van der Waals surface area contributed by atoms with Crippen LogP contribution in [0.5, 0.6) is 0 Å². The Balaban J connectivity index is 1.80. The number of hydrogen-bond donors (Lipinski definition) is 2. The van der Waals surface area contributed by atoms with Gasteiger partial charge < -0.3 is 0 Å². The fourth-order valence-corrected chi connectivity index (χ4v) is 3.73. The summed E-state index contributed by atoms with van der Waals surface area (Å²) in [6.45, 7) is 0. The standard InChI is InChI=1S/C16H19NOSe/c17-16(13-7-3-1-4-8-13)11-14(18)12-19-15-9-5-2-6-10-15/h1-10,14,16,18H,11-12,17H2/t14-,16-/m0/s1. The Bertz CT molecular complexity index is 475. The molecule has 2 aromatic rings. The van der Waals surface area contributed by atoms with Gasteiger partial charge in [0.25, 0.3) is 0 Å². The molecule has 0 aliphatic heterocycles. The molecule has 3 N–H and O–H groups in total. The van der Waals surface area contributed by atoms with Gasteiger partial charge in [0, 0.05) is 0 Å². The Kier molecular flexibility index (Phi) is 5.61. The molecule has 2 aromatic carbocycles. The minimum atomic E-state index is -0.324. The Labute approximate surface area is 120 Å². The van der Waals surface area contributed by atoms with Crippen LogP contribution in [-0.2, 0) is 0 Å². The van der Waals surface area contributed by atoms with E-state index >= 15 is 0 Å². The van der Waals surface area contributed by atoms with Gasteiger partial charge in [-0.05, 0) is 0 Å². The Morgan fingerprint density at radius 1 is 0.947 bits per heavy atom. The molecule has 0 saturated heterocycles. The average molecular weight is 320 g/mol. The summed E-state index contributed by atoms with van der Waals surface area (Å²) in [5.74, 6) is 0. The molecule has 19 heavy (non-hydrogen) atoms. The topological polar surface area (TPSA) is 46.2 Å². The van der Waals surface area contributed by atoms with Gasteiger partial charge in [-0.1, -0.05) is 0 Å². The zero-order valence-electron chi connectivity index (χ0n) is 10.8. The fraction of sp³-hybridized carbons (Fsp3) is 0.250. The summed E-state index contributed by atoms with van der Waals surface area (Å²) < 4.78 is 1.32. The van der Waals surface area contributed by atoms with Gasteiger partial charge in [0.2, 0.25) is 0 Å². The first kappa shape index (κ1) is 14.3. The number of nitrogens with two attached hydrogens (primary N) is 1. The van der Waals surface area contributed by atoms with E-state index in [0.29, 0.717) is 21.4 Å². The monoisotopic (exact) mass is 321 g/mol. The first-order valence-corrected chi connectivity index (χ1v) is 8.49. The van der Waals surface area contributed by atoms with Crippen LogP contribution in [0.1, 0.15) is 18.0 Å². The average Bonchev–Trinajstić information content (AvgIpc) is 2.47. The van der Waals surface area contributed by atoms with Crippen molar-refractivity contribution in [2.45, 2.75) is 23.9 Å². The summed E-state index contributed by atoms with van der Waals surface area (Å²) >= 11 is 0.317. The normalized spacial score (nSPS) is 14.0.